The average molecular weight is 371 g/mol. The highest BCUT2D eigenvalue weighted by Gasteiger charge is 2.50. The van der Waals surface area contributed by atoms with Crippen molar-refractivity contribution in [1.82, 2.24) is 25.1 Å². The molecule has 2 aromatic rings. The number of aryl methyl sites for hydroxylation is 1. The lowest BCUT2D eigenvalue weighted by molar-refractivity contribution is -0.141. The molecular weight excluding hydrogens is 350 g/mol. The number of aromatic nitrogens is 2. The highest BCUT2D eigenvalue weighted by Crippen LogP contribution is 2.43. The zero-order valence-corrected chi connectivity index (χ0v) is 15.2. The second-order valence-corrected chi connectivity index (χ2v) is 6.51. The van der Waals surface area contributed by atoms with E-state index in [2.05, 4.69) is 10.4 Å². The van der Waals surface area contributed by atoms with E-state index >= 15 is 0 Å². The molecule has 2 unspecified atom stereocenters. The van der Waals surface area contributed by atoms with Gasteiger partial charge in [-0.2, -0.15) is 10.2 Å². The van der Waals surface area contributed by atoms with Crippen molar-refractivity contribution in [2.75, 3.05) is 20.2 Å². The van der Waals surface area contributed by atoms with Gasteiger partial charge in [-0.05, 0) is 5.56 Å². The number of alkyl carbamates (subject to hydrolysis) is 1. The standard InChI is InChI=1S/C18H21N5O4/c1-19-17(24)26-11-15-16-13(8-20-21(16)2)14-9-22(15)18(25)23(14)27-10-12-6-4-3-5-7-12/h3-8,14-15H,9-11H2,1-2H3,(H,19,24). The molecule has 0 aliphatic carbocycles. The van der Waals surface area contributed by atoms with Crippen molar-refractivity contribution in [2.45, 2.75) is 18.7 Å². The van der Waals surface area contributed by atoms with Crippen LogP contribution in [0.5, 0.6) is 0 Å². The molecule has 2 bridgehead atoms. The number of benzene rings is 1. The number of urea groups is 1. The quantitative estimate of drug-likeness (QED) is 0.865. The van der Waals surface area contributed by atoms with Gasteiger partial charge in [-0.25, -0.2) is 9.59 Å². The Morgan fingerprint density at radius 3 is 2.85 bits per heavy atom. The van der Waals surface area contributed by atoms with Crippen LogP contribution in [0, 0.1) is 0 Å². The third-order valence-electron chi connectivity index (χ3n) is 4.94. The summed E-state index contributed by atoms with van der Waals surface area (Å²) in [6.45, 7) is 0.817. The SMILES string of the molecule is CNC(=O)OCC1c2c(cnn2C)C2CN1C(=O)N2OCc1ccccc1. The largest absolute Gasteiger partial charge is 0.447 e. The maximum Gasteiger partial charge on any atom is 0.406 e. The maximum atomic E-state index is 13.0. The summed E-state index contributed by atoms with van der Waals surface area (Å²) in [5, 5.41) is 8.16. The smallest absolute Gasteiger partial charge is 0.406 e. The molecule has 0 radical (unpaired) electrons. The van der Waals surface area contributed by atoms with Crippen LogP contribution in [-0.2, 0) is 23.2 Å². The van der Waals surface area contributed by atoms with E-state index in [-0.39, 0.29) is 18.7 Å². The van der Waals surface area contributed by atoms with E-state index in [1.807, 2.05) is 37.4 Å². The number of fused-ring (bicyclic) bond motifs is 4. The summed E-state index contributed by atoms with van der Waals surface area (Å²) in [6.07, 6.45) is 1.21. The third kappa shape index (κ3) is 2.99. The zero-order valence-electron chi connectivity index (χ0n) is 15.2. The number of rotatable bonds is 5. The fourth-order valence-electron chi connectivity index (χ4n) is 3.62. The molecule has 0 spiro atoms. The Morgan fingerprint density at radius 1 is 1.33 bits per heavy atom. The maximum absolute atomic E-state index is 13.0. The molecule has 142 valence electrons. The summed E-state index contributed by atoms with van der Waals surface area (Å²) in [5.41, 5.74) is 2.75. The van der Waals surface area contributed by atoms with Gasteiger partial charge in [-0.15, -0.1) is 0 Å². The molecule has 27 heavy (non-hydrogen) atoms. The first-order valence-electron chi connectivity index (χ1n) is 8.73. The molecule has 3 amide bonds. The van der Waals surface area contributed by atoms with E-state index in [1.165, 1.54) is 12.1 Å². The first-order valence-corrected chi connectivity index (χ1v) is 8.73. The molecule has 9 heteroatoms. The molecular formula is C18H21N5O4. The normalized spacial score (nSPS) is 20.6. The van der Waals surface area contributed by atoms with Gasteiger partial charge in [-0.3, -0.25) is 9.52 Å². The first-order chi connectivity index (χ1) is 13.1. The number of carbonyl (C=O) groups is 2. The lowest BCUT2D eigenvalue weighted by Crippen LogP contribution is -2.38. The van der Waals surface area contributed by atoms with E-state index in [0.29, 0.717) is 13.2 Å². The van der Waals surface area contributed by atoms with Gasteiger partial charge in [0.15, 0.2) is 0 Å². The molecule has 3 heterocycles. The average Bonchev–Trinajstić information content (AvgIpc) is 3.21. The lowest BCUT2D eigenvalue weighted by Gasteiger charge is -2.30. The van der Waals surface area contributed by atoms with E-state index in [9.17, 15) is 9.59 Å². The van der Waals surface area contributed by atoms with Crippen molar-refractivity contribution < 1.29 is 19.2 Å². The third-order valence-corrected chi connectivity index (χ3v) is 4.94. The Labute approximate surface area is 156 Å². The molecule has 1 fully saturated rings. The van der Waals surface area contributed by atoms with Crippen LogP contribution in [0.1, 0.15) is 28.9 Å². The van der Waals surface area contributed by atoms with Crippen molar-refractivity contribution in [3.63, 3.8) is 0 Å². The second-order valence-electron chi connectivity index (χ2n) is 6.51. The number of ether oxygens (including phenoxy) is 1. The zero-order chi connectivity index (χ0) is 19.0. The van der Waals surface area contributed by atoms with Crippen molar-refractivity contribution in [3.8, 4) is 0 Å². The number of carbonyl (C=O) groups excluding carboxylic acids is 2. The van der Waals surface area contributed by atoms with Gasteiger partial charge in [0.25, 0.3) is 0 Å². The summed E-state index contributed by atoms with van der Waals surface area (Å²) >= 11 is 0. The molecule has 9 nitrogen and oxygen atoms in total. The van der Waals surface area contributed by atoms with E-state index < -0.39 is 12.1 Å². The fraction of sp³-hybridized carbons (Fsp3) is 0.389. The Kier molecular flexibility index (Phi) is 4.44. The minimum Gasteiger partial charge on any atom is -0.447 e. The first kappa shape index (κ1) is 17.3. The van der Waals surface area contributed by atoms with Gasteiger partial charge >= 0.3 is 12.1 Å². The van der Waals surface area contributed by atoms with Crippen LogP contribution >= 0.6 is 0 Å². The van der Waals surface area contributed by atoms with Crippen LogP contribution in [-0.4, -0.2) is 52.1 Å². The van der Waals surface area contributed by atoms with Gasteiger partial charge in [0.2, 0.25) is 0 Å². The van der Waals surface area contributed by atoms with Crippen LogP contribution in [0.25, 0.3) is 0 Å². The second kappa shape index (κ2) is 6.92. The van der Waals surface area contributed by atoms with Gasteiger partial charge in [0.05, 0.1) is 18.4 Å². The van der Waals surface area contributed by atoms with Gasteiger partial charge in [-0.1, -0.05) is 30.3 Å². The van der Waals surface area contributed by atoms with Crippen LogP contribution < -0.4 is 5.32 Å². The lowest BCUT2D eigenvalue weighted by atomic mass is 9.98. The highest BCUT2D eigenvalue weighted by atomic mass is 16.7. The monoisotopic (exact) mass is 371 g/mol. The predicted octanol–water partition coefficient (Wildman–Crippen LogP) is 1.74. The number of nitrogens with one attached hydrogen (secondary N) is 1. The molecule has 1 aromatic heterocycles. The van der Waals surface area contributed by atoms with Crippen molar-refractivity contribution in [2.24, 2.45) is 7.05 Å². The highest BCUT2D eigenvalue weighted by molar-refractivity contribution is 5.78. The molecule has 1 aromatic carbocycles. The Balaban J connectivity index is 1.57. The summed E-state index contributed by atoms with van der Waals surface area (Å²) in [7, 11) is 3.31. The summed E-state index contributed by atoms with van der Waals surface area (Å²) in [4.78, 5) is 32.0. The number of nitrogens with zero attached hydrogens (tertiary/aromatic N) is 4. The Hall–Kier alpha value is -3.07. The topological polar surface area (TPSA) is 88.9 Å². The van der Waals surface area contributed by atoms with Gasteiger partial charge in [0, 0.05) is 19.7 Å². The number of hydroxylamine groups is 2. The fourth-order valence-corrected chi connectivity index (χ4v) is 3.62. The molecule has 1 N–H and O–H groups in total. The van der Waals surface area contributed by atoms with Crippen LogP contribution in [0.3, 0.4) is 0 Å². The predicted molar refractivity (Wildman–Crippen MR) is 94.3 cm³/mol. The molecule has 4 rings (SSSR count). The van der Waals surface area contributed by atoms with Gasteiger partial charge in [0.1, 0.15) is 25.3 Å². The van der Waals surface area contributed by atoms with Gasteiger partial charge < -0.3 is 15.0 Å². The van der Waals surface area contributed by atoms with E-state index in [1.54, 1.807) is 15.8 Å². The Morgan fingerprint density at radius 2 is 2.11 bits per heavy atom. The summed E-state index contributed by atoms with van der Waals surface area (Å²) < 4.78 is 6.95. The van der Waals surface area contributed by atoms with Crippen LogP contribution in [0.15, 0.2) is 36.5 Å². The number of amides is 3. The summed E-state index contributed by atoms with van der Waals surface area (Å²) in [6, 6.07) is 8.81. The van der Waals surface area contributed by atoms with E-state index in [4.69, 9.17) is 9.57 Å². The number of hydrogen-bond acceptors (Lipinski definition) is 5. The van der Waals surface area contributed by atoms with Crippen LogP contribution in [0.4, 0.5) is 9.59 Å². The van der Waals surface area contributed by atoms with Crippen LogP contribution in [0.2, 0.25) is 0 Å². The molecule has 1 saturated heterocycles. The molecule has 2 atom stereocenters. The summed E-state index contributed by atoms with van der Waals surface area (Å²) in [5.74, 6) is 0. The molecule has 0 saturated carbocycles. The van der Waals surface area contributed by atoms with Crippen molar-refractivity contribution in [3.05, 3.63) is 53.3 Å². The Bertz CT molecular complexity index is 853. The van der Waals surface area contributed by atoms with E-state index in [0.717, 1.165) is 16.8 Å². The van der Waals surface area contributed by atoms with Crippen molar-refractivity contribution >= 4 is 12.1 Å². The molecule has 2 aliphatic rings. The minimum atomic E-state index is -0.537. The van der Waals surface area contributed by atoms with Crippen molar-refractivity contribution in [1.29, 1.82) is 0 Å². The minimum absolute atomic E-state index is 0.0528. The molecule has 2 aliphatic heterocycles. The number of hydrogen-bond donors (Lipinski definition) is 1.